The maximum atomic E-state index is 13.5. The molecule has 1 heterocycles. The van der Waals surface area contributed by atoms with Gasteiger partial charge in [-0.3, -0.25) is 9.59 Å². The van der Waals surface area contributed by atoms with Crippen LogP contribution >= 0.6 is 0 Å². The Morgan fingerprint density at radius 1 is 0.953 bits per heavy atom. The highest BCUT2D eigenvalue weighted by Gasteiger charge is 2.51. The molecule has 222 valence electrons. The molecule has 0 unspecified atom stereocenters. The third-order valence-electron chi connectivity index (χ3n) is 8.57. The highest BCUT2D eigenvalue weighted by atomic mass is 16.5. The van der Waals surface area contributed by atoms with E-state index in [0.29, 0.717) is 22.7 Å². The van der Waals surface area contributed by atoms with Crippen molar-refractivity contribution in [3.63, 3.8) is 0 Å². The summed E-state index contributed by atoms with van der Waals surface area (Å²) in [6, 6.07) is 22.0. The monoisotopic (exact) mass is 580 g/mol. The molecule has 2 saturated carbocycles. The number of fused-ring (bicyclic) bond motifs is 1. The number of carbonyl (C=O) groups excluding carboxylic acids is 3. The number of nitrogens with zero attached hydrogens (tertiary/aromatic N) is 2. The maximum absolute atomic E-state index is 13.5. The number of hydrogen-bond donors (Lipinski definition) is 3. The predicted molar refractivity (Wildman–Crippen MR) is 163 cm³/mol. The number of nitrogens with one attached hydrogen (secondary N) is 2. The SMILES string of the molecule is CCOC(=O)c1ccc(NC(=O)C2(NC(=O)c3ccc4c(C5CCCCC5)n(-c5ccccc5)nc4c3)CC(O)C2)cc1. The molecule has 0 spiro atoms. The summed E-state index contributed by atoms with van der Waals surface area (Å²) in [5.41, 5.74) is 2.87. The fraction of sp³-hybridized carbons (Fsp3) is 0.353. The molecule has 0 saturated heterocycles. The molecule has 0 atom stereocenters. The van der Waals surface area contributed by atoms with Crippen LogP contribution in [0.15, 0.2) is 72.8 Å². The lowest BCUT2D eigenvalue weighted by atomic mass is 9.73. The molecular formula is C34H36N4O5. The Balaban J connectivity index is 1.24. The van der Waals surface area contributed by atoms with Crippen molar-refractivity contribution >= 4 is 34.4 Å². The van der Waals surface area contributed by atoms with E-state index in [9.17, 15) is 19.5 Å². The standard InChI is InChI=1S/C34H36N4O5/c1-2-43-32(41)23-13-16-25(17-14-23)35-33(42)34(20-27(39)21-34)36-31(40)24-15-18-28-29(19-24)37-38(26-11-7-4-8-12-26)30(28)22-9-5-3-6-10-22/h4,7-8,11-19,22,27,39H,2-3,5-6,9-10,20-21H2,1H3,(H,35,42)(H,36,40). The van der Waals surface area contributed by atoms with E-state index in [2.05, 4.69) is 10.6 Å². The van der Waals surface area contributed by atoms with Gasteiger partial charge in [-0.25, -0.2) is 9.48 Å². The first kappa shape index (κ1) is 28.6. The van der Waals surface area contributed by atoms with Crippen LogP contribution in [-0.4, -0.2) is 50.9 Å². The summed E-state index contributed by atoms with van der Waals surface area (Å²) in [6.45, 7) is 2.00. The first-order chi connectivity index (χ1) is 20.9. The Morgan fingerprint density at radius 2 is 1.65 bits per heavy atom. The number of aliphatic hydroxyl groups excluding tert-OH is 1. The third-order valence-corrected chi connectivity index (χ3v) is 8.57. The maximum Gasteiger partial charge on any atom is 0.338 e. The zero-order chi connectivity index (χ0) is 30.0. The van der Waals surface area contributed by atoms with Gasteiger partial charge in [-0.15, -0.1) is 0 Å². The van der Waals surface area contributed by atoms with E-state index in [1.807, 2.05) is 41.1 Å². The Bertz CT molecular complexity index is 1630. The Labute approximate surface area is 250 Å². The summed E-state index contributed by atoms with van der Waals surface area (Å²) in [4.78, 5) is 38.9. The predicted octanol–water partition coefficient (Wildman–Crippen LogP) is 5.51. The molecule has 1 aromatic heterocycles. The fourth-order valence-electron chi connectivity index (χ4n) is 6.32. The molecular weight excluding hydrogens is 544 g/mol. The van der Waals surface area contributed by atoms with E-state index in [-0.39, 0.29) is 19.4 Å². The minimum atomic E-state index is -1.26. The number of carbonyl (C=O) groups is 3. The Hall–Kier alpha value is -4.50. The summed E-state index contributed by atoms with van der Waals surface area (Å²) >= 11 is 0. The number of ether oxygens (including phenoxy) is 1. The second-order valence-electron chi connectivity index (χ2n) is 11.5. The number of rotatable bonds is 8. The number of esters is 1. The zero-order valence-corrected chi connectivity index (χ0v) is 24.2. The highest BCUT2D eigenvalue weighted by Crippen LogP contribution is 2.38. The van der Waals surface area contributed by atoms with Gasteiger partial charge in [0.15, 0.2) is 0 Å². The van der Waals surface area contributed by atoms with Crippen molar-refractivity contribution < 1.29 is 24.2 Å². The lowest BCUT2D eigenvalue weighted by Gasteiger charge is -2.44. The average molecular weight is 581 g/mol. The molecule has 9 heteroatoms. The van der Waals surface area contributed by atoms with Crippen LogP contribution in [0.25, 0.3) is 16.6 Å². The van der Waals surface area contributed by atoms with Gasteiger partial charge in [0.05, 0.1) is 35.2 Å². The number of amides is 2. The van der Waals surface area contributed by atoms with Crippen molar-refractivity contribution in [1.29, 1.82) is 0 Å². The van der Waals surface area contributed by atoms with Gasteiger partial charge in [0.2, 0.25) is 5.91 Å². The lowest BCUT2D eigenvalue weighted by molar-refractivity contribution is -0.130. The highest BCUT2D eigenvalue weighted by molar-refractivity contribution is 6.05. The minimum Gasteiger partial charge on any atom is -0.462 e. The van der Waals surface area contributed by atoms with Crippen molar-refractivity contribution in [3.05, 3.63) is 89.6 Å². The molecule has 0 bridgehead atoms. The van der Waals surface area contributed by atoms with Gasteiger partial charge in [-0.2, -0.15) is 5.10 Å². The van der Waals surface area contributed by atoms with Crippen LogP contribution in [0.4, 0.5) is 5.69 Å². The third kappa shape index (κ3) is 5.77. The molecule has 3 N–H and O–H groups in total. The van der Waals surface area contributed by atoms with E-state index in [4.69, 9.17) is 9.84 Å². The molecule has 3 aromatic carbocycles. The number of aromatic nitrogens is 2. The summed E-state index contributed by atoms with van der Waals surface area (Å²) in [5.74, 6) is -0.879. The molecule has 2 amide bonds. The van der Waals surface area contributed by atoms with Gasteiger partial charge < -0.3 is 20.5 Å². The normalized spacial score (nSPS) is 20.3. The fourth-order valence-corrected chi connectivity index (χ4v) is 6.32. The van der Waals surface area contributed by atoms with E-state index < -0.39 is 29.4 Å². The lowest BCUT2D eigenvalue weighted by Crippen LogP contribution is -2.65. The van der Waals surface area contributed by atoms with Crippen LogP contribution in [0.5, 0.6) is 0 Å². The summed E-state index contributed by atoms with van der Waals surface area (Å²) < 4.78 is 7.03. The first-order valence-corrected chi connectivity index (χ1v) is 15.0. The van der Waals surface area contributed by atoms with Crippen LogP contribution in [0.1, 0.15) is 84.2 Å². The molecule has 2 aliphatic rings. The van der Waals surface area contributed by atoms with Gasteiger partial charge in [0, 0.05) is 35.4 Å². The minimum absolute atomic E-state index is 0.0994. The number of benzene rings is 3. The second kappa shape index (κ2) is 12.0. The van der Waals surface area contributed by atoms with Crippen molar-refractivity contribution in [2.75, 3.05) is 11.9 Å². The Morgan fingerprint density at radius 3 is 2.33 bits per heavy atom. The van der Waals surface area contributed by atoms with Gasteiger partial charge in [-0.05, 0) is 68.3 Å². The van der Waals surface area contributed by atoms with E-state index in [1.54, 1.807) is 43.3 Å². The molecule has 43 heavy (non-hydrogen) atoms. The van der Waals surface area contributed by atoms with E-state index >= 15 is 0 Å². The molecule has 2 fully saturated rings. The number of aliphatic hydroxyl groups is 1. The van der Waals surface area contributed by atoms with Gasteiger partial charge in [0.25, 0.3) is 5.91 Å². The smallest absolute Gasteiger partial charge is 0.338 e. The average Bonchev–Trinajstić information content (AvgIpc) is 3.40. The van der Waals surface area contributed by atoms with Gasteiger partial charge in [-0.1, -0.05) is 43.5 Å². The van der Waals surface area contributed by atoms with Crippen molar-refractivity contribution in [2.24, 2.45) is 0 Å². The van der Waals surface area contributed by atoms with Gasteiger partial charge >= 0.3 is 5.97 Å². The quantitative estimate of drug-likeness (QED) is 0.236. The molecule has 9 nitrogen and oxygen atoms in total. The number of para-hydroxylation sites is 1. The summed E-state index contributed by atoms with van der Waals surface area (Å²) in [7, 11) is 0. The van der Waals surface area contributed by atoms with E-state index in [1.165, 1.54) is 25.0 Å². The topological polar surface area (TPSA) is 123 Å². The van der Waals surface area contributed by atoms with Crippen LogP contribution in [0, 0.1) is 0 Å². The zero-order valence-electron chi connectivity index (χ0n) is 24.2. The molecule has 4 aromatic rings. The van der Waals surface area contributed by atoms with Crippen LogP contribution in [0.2, 0.25) is 0 Å². The van der Waals surface area contributed by atoms with Crippen LogP contribution in [-0.2, 0) is 9.53 Å². The summed E-state index contributed by atoms with van der Waals surface area (Å²) in [6.07, 6.45) is 5.37. The van der Waals surface area contributed by atoms with Crippen molar-refractivity contribution in [1.82, 2.24) is 15.1 Å². The molecule has 0 radical (unpaired) electrons. The van der Waals surface area contributed by atoms with Crippen LogP contribution in [0.3, 0.4) is 0 Å². The summed E-state index contributed by atoms with van der Waals surface area (Å²) in [5, 5.41) is 21.9. The first-order valence-electron chi connectivity index (χ1n) is 15.0. The van der Waals surface area contributed by atoms with Crippen molar-refractivity contribution in [3.8, 4) is 5.69 Å². The molecule has 2 aliphatic carbocycles. The molecule has 6 rings (SSSR count). The van der Waals surface area contributed by atoms with Crippen molar-refractivity contribution in [2.45, 2.75) is 69.4 Å². The number of anilines is 1. The number of hydrogen-bond acceptors (Lipinski definition) is 6. The van der Waals surface area contributed by atoms with E-state index in [0.717, 1.165) is 29.4 Å². The van der Waals surface area contributed by atoms with Crippen LogP contribution < -0.4 is 10.6 Å². The molecule has 0 aliphatic heterocycles. The largest absolute Gasteiger partial charge is 0.462 e. The Kier molecular flexibility index (Phi) is 7.99. The second-order valence-corrected chi connectivity index (χ2v) is 11.5. The van der Waals surface area contributed by atoms with Gasteiger partial charge in [0.1, 0.15) is 5.54 Å².